The van der Waals surface area contributed by atoms with Crippen LogP contribution in [-0.2, 0) is 6.61 Å². The van der Waals surface area contributed by atoms with Crippen LogP contribution >= 0.6 is 0 Å². The summed E-state index contributed by atoms with van der Waals surface area (Å²) in [7, 11) is 0. The van der Waals surface area contributed by atoms with Gasteiger partial charge in [-0.3, -0.25) is 14.3 Å². The van der Waals surface area contributed by atoms with Gasteiger partial charge >= 0.3 is 0 Å². The van der Waals surface area contributed by atoms with Gasteiger partial charge in [0.2, 0.25) is 5.43 Å². The molecule has 1 aliphatic heterocycles. The lowest BCUT2D eigenvalue weighted by atomic mass is 10.2. The Labute approximate surface area is 148 Å². The van der Waals surface area contributed by atoms with Gasteiger partial charge in [0, 0.05) is 12.3 Å². The zero-order valence-corrected chi connectivity index (χ0v) is 13.8. The van der Waals surface area contributed by atoms with E-state index in [1.54, 1.807) is 0 Å². The van der Waals surface area contributed by atoms with E-state index in [1.165, 1.54) is 16.9 Å². The minimum atomic E-state index is -2.80. The van der Waals surface area contributed by atoms with Crippen molar-refractivity contribution < 1.29 is 18.3 Å². The Hall–Kier alpha value is -3.16. The number of alkyl halides is 2. The maximum atomic E-state index is 13.2. The number of nitrogens with zero attached hydrogens (tertiary/aromatic N) is 2. The van der Waals surface area contributed by atoms with E-state index in [2.05, 4.69) is 12.0 Å². The molecule has 6 nitrogen and oxygen atoms in total. The number of aromatic nitrogens is 1. The van der Waals surface area contributed by atoms with Crippen molar-refractivity contribution in [3.05, 3.63) is 76.7 Å². The Bertz CT molecular complexity index is 868. The molecule has 1 atom stereocenters. The molecule has 1 unspecified atom stereocenters. The molecule has 3 rings (SSSR count). The lowest BCUT2D eigenvalue weighted by molar-refractivity contribution is 0.0336. The summed E-state index contributed by atoms with van der Waals surface area (Å²) in [5.74, 6) is -0.912. The molecule has 136 valence electrons. The normalized spacial score (nSPS) is 14.6. The highest BCUT2D eigenvalue weighted by molar-refractivity contribution is 5.96. The number of benzene rings is 1. The second-order valence-electron chi connectivity index (χ2n) is 5.65. The zero-order chi connectivity index (χ0) is 18.7. The number of rotatable bonds is 6. The van der Waals surface area contributed by atoms with Gasteiger partial charge in [-0.15, -0.1) is 6.58 Å². The van der Waals surface area contributed by atoms with E-state index < -0.39 is 23.8 Å². The van der Waals surface area contributed by atoms with E-state index in [0.717, 1.165) is 16.5 Å². The van der Waals surface area contributed by atoms with Gasteiger partial charge < -0.3 is 15.1 Å². The summed E-state index contributed by atoms with van der Waals surface area (Å²) in [5, 5.41) is 0. The average Bonchev–Trinajstić information content (AvgIpc) is 2.64. The van der Waals surface area contributed by atoms with Crippen LogP contribution in [-0.4, -0.2) is 34.6 Å². The second-order valence-corrected chi connectivity index (χ2v) is 5.65. The van der Waals surface area contributed by atoms with Crippen LogP contribution in [0.2, 0.25) is 0 Å². The molecule has 8 heteroatoms. The van der Waals surface area contributed by atoms with Crippen LogP contribution in [0.25, 0.3) is 0 Å². The van der Waals surface area contributed by atoms with Crippen molar-refractivity contribution in [3.8, 4) is 5.75 Å². The third-order valence-electron chi connectivity index (χ3n) is 4.02. The highest BCUT2D eigenvalue weighted by atomic mass is 19.3. The number of carbonyl (C=O) groups excluding carboxylic acids is 1. The summed E-state index contributed by atoms with van der Waals surface area (Å²) in [6, 6.07) is 8.87. The van der Waals surface area contributed by atoms with Gasteiger partial charge in [0.1, 0.15) is 19.3 Å². The van der Waals surface area contributed by atoms with Crippen molar-refractivity contribution in [2.45, 2.75) is 19.1 Å². The highest BCUT2D eigenvalue weighted by Crippen LogP contribution is 2.23. The lowest BCUT2D eigenvalue weighted by Crippen LogP contribution is -2.52. The summed E-state index contributed by atoms with van der Waals surface area (Å²) in [4.78, 5) is 25.9. The Kier molecular flexibility index (Phi) is 5.01. The fourth-order valence-electron chi connectivity index (χ4n) is 2.69. The largest absolute Gasteiger partial charge is 0.482 e. The van der Waals surface area contributed by atoms with Crippen LogP contribution in [0.15, 0.2) is 60.0 Å². The molecule has 1 aromatic carbocycles. The molecule has 0 spiro atoms. The van der Waals surface area contributed by atoms with Gasteiger partial charge in [-0.2, -0.15) is 0 Å². The number of pyridine rings is 1. The molecule has 1 aliphatic rings. The van der Waals surface area contributed by atoms with Crippen LogP contribution in [0.3, 0.4) is 0 Å². The van der Waals surface area contributed by atoms with Crippen molar-refractivity contribution in [1.82, 2.24) is 9.58 Å². The zero-order valence-electron chi connectivity index (χ0n) is 13.8. The highest BCUT2D eigenvalue weighted by Gasteiger charge is 2.35. The van der Waals surface area contributed by atoms with Gasteiger partial charge in [-0.25, -0.2) is 8.78 Å². The molecule has 0 fully saturated rings. The Morgan fingerprint density at radius 3 is 2.62 bits per heavy atom. The summed E-state index contributed by atoms with van der Waals surface area (Å²) >= 11 is 0. The average molecular weight is 361 g/mol. The Morgan fingerprint density at radius 1 is 1.23 bits per heavy atom. The number of fused-ring (bicyclic) bond motifs is 1. The number of hydrogen-bond acceptors (Lipinski definition) is 4. The number of halogens is 2. The van der Waals surface area contributed by atoms with E-state index in [0.29, 0.717) is 0 Å². The van der Waals surface area contributed by atoms with E-state index in [1.807, 2.05) is 30.3 Å². The summed E-state index contributed by atoms with van der Waals surface area (Å²) < 4.78 is 33.3. The third kappa shape index (κ3) is 3.30. The fraction of sp³-hybridized carbons (Fsp3) is 0.222. The van der Waals surface area contributed by atoms with Crippen molar-refractivity contribution in [2.24, 2.45) is 0 Å². The molecule has 26 heavy (non-hydrogen) atoms. The standard InChI is InChI=1S/C18H17F2N3O3/c1-2-13(17(19)20)22-11-21-23-9-8-14(24)16(15(23)18(22)25)26-10-12-6-4-3-5-7-12/h2-9,13,17,21H,1,10-11H2. The van der Waals surface area contributed by atoms with Crippen molar-refractivity contribution >= 4 is 5.91 Å². The molecule has 2 heterocycles. The maximum Gasteiger partial charge on any atom is 0.278 e. The Morgan fingerprint density at radius 2 is 1.96 bits per heavy atom. The van der Waals surface area contributed by atoms with Crippen LogP contribution in [0.5, 0.6) is 5.75 Å². The summed E-state index contributed by atoms with van der Waals surface area (Å²) in [5.41, 5.74) is 2.98. The third-order valence-corrected chi connectivity index (χ3v) is 4.02. The lowest BCUT2D eigenvalue weighted by Gasteiger charge is -2.35. The monoisotopic (exact) mass is 361 g/mol. The molecule has 0 bridgehead atoms. The SMILES string of the molecule is C=CC(C(F)F)N1CNn2ccc(=O)c(OCc3ccccc3)c2C1=O. The van der Waals surface area contributed by atoms with Crippen molar-refractivity contribution in [3.63, 3.8) is 0 Å². The van der Waals surface area contributed by atoms with Crippen LogP contribution in [0, 0.1) is 0 Å². The molecule has 2 aromatic rings. The topological polar surface area (TPSA) is 63.6 Å². The second kappa shape index (κ2) is 7.38. The van der Waals surface area contributed by atoms with Gasteiger partial charge in [0.05, 0.1) is 0 Å². The predicted molar refractivity (Wildman–Crippen MR) is 91.9 cm³/mol. The molecule has 1 aromatic heterocycles. The molecule has 0 saturated carbocycles. The first-order chi connectivity index (χ1) is 12.5. The smallest absolute Gasteiger partial charge is 0.278 e. The van der Waals surface area contributed by atoms with Crippen LogP contribution in [0.1, 0.15) is 16.1 Å². The Balaban J connectivity index is 1.95. The van der Waals surface area contributed by atoms with Gasteiger partial charge in [-0.05, 0) is 5.56 Å². The van der Waals surface area contributed by atoms with E-state index in [4.69, 9.17) is 4.74 Å². The molecule has 0 aliphatic carbocycles. The number of amides is 1. The minimum absolute atomic E-state index is 0.0696. The molecular weight excluding hydrogens is 344 g/mol. The van der Waals surface area contributed by atoms with Crippen molar-refractivity contribution in [1.29, 1.82) is 0 Å². The first-order valence-corrected chi connectivity index (χ1v) is 7.91. The molecule has 0 radical (unpaired) electrons. The van der Waals surface area contributed by atoms with Gasteiger partial charge in [0.15, 0.2) is 11.4 Å². The fourth-order valence-corrected chi connectivity index (χ4v) is 2.69. The molecule has 1 N–H and O–H groups in total. The molecular formula is C18H17F2N3O3. The van der Waals surface area contributed by atoms with Crippen molar-refractivity contribution in [2.75, 3.05) is 12.1 Å². The number of nitrogens with one attached hydrogen (secondary N) is 1. The predicted octanol–water partition coefficient (Wildman–Crippen LogP) is 2.20. The minimum Gasteiger partial charge on any atom is -0.482 e. The van der Waals surface area contributed by atoms with Gasteiger partial charge in [0.25, 0.3) is 12.3 Å². The first kappa shape index (κ1) is 17.7. The number of hydrogen-bond donors (Lipinski definition) is 1. The summed E-state index contributed by atoms with van der Waals surface area (Å²) in [6.45, 7) is 3.29. The van der Waals surface area contributed by atoms with Crippen LogP contribution in [0.4, 0.5) is 8.78 Å². The van der Waals surface area contributed by atoms with E-state index in [-0.39, 0.29) is 24.7 Å². The summed E-state index contributed by atoms with van der Waals surface area (Å²) in [6.07, 6.45) is -0.423. The number of ether oxygens (including phenoxy) is 1. The molecule has 1 amide bonds. The van der Waals surface area contributed by atoms with Gasteiger partial charge in [-0.1, -0.05) is 36.4 Å². The number of carbonyl (C=O) groups is 1. The maximum absolute atomic E-state index is 13.2. The van der Waals surface area contributed by atoms with E-state index >= 15 is 0 Å². The van der Waals surface area contributed by atoms with Crippen LogP contribution < -0.4 is 15.6 Å². The molecule has 0 saturated heterocycles. The first-order valence-electron chi connectivity index (χ1n) is 7.91. The van der Waals surface area contributed by atoms with E-state index in [9.17, 15) is 18.4 Å². The quantitative estimate of drug-likeness (QED) is 0.802.